The minimum absolute atomic E-state index is 0. The molecule has 1 fully saturated rings. The molecule has 1 aromatic rings. The molecule has 0 spiro atoms. The zero-order chi connectivity index (χ0) is 10.8. The van der Waals surface area contributed by atoms with Crippen LogP contribution in [-0.2, 0) is 16.1 Å². The Morgan fingerprint density at radius 2 is 2.38 bits per heavy atom. The molecule has 2 heterocycles. The van der Waals surface area contributed by atoms with E-state index in [-0.39, 0.29) is 26.3 Å². The Balaban J connectivity index is 0.00000128. The summed E-state index contributed by atoms with van der Waals surface area (Å²) in [6.45, 7) is 0.629. The molecular formula is C11H15NO4. The Hall–Kier alpha value is -1.78. The summed E-state index contributed by atoms with van der Waals surface area (Å²) in [5, 5.41) is 8.77. The molecule has 1 aliphatic heterocycles. The van der Waals surface area contributed by atoms with Gasteiger partial charge in [-0.15, -0.1) is 0 Å². The summed E-state index contributed by atoms with van der Waals surface area (Å²) < 4.78 is 5.10. The molecule has 0 aliphatic carbocycles. The molecule has 0 saturated carbocycles. The number of rotatable bonds is 3. The lowest BCUT2D eigenvalue weighted by molar-refractivity contribution is -0.141. The van der Waals surface area contributed by atoms with Crippen LogP contribution in [0.5, 0.6) is 0 Å². The Morgan fingerprint density at radius 3 is 2.88 bits per heavy atom. The Morgan fingerprint density at radius 1 is 1.62 bits per heavy atom. The molecule has 0 aromatic carbocycles. The van der Waals surface area contributed by atoms with Crippen molar-refractivity contribution in [2.45, 2.75) is 20.4 Å². The molecule has 2 rings (SSSR count). The van der Waals surface area contributed by atoms with E-state index < -0.39 is 11.9 Å². The maximum Gasteiger partial charge on any atom is 0.308 e. The van der Waals surface area contributed by atoms with E-state index in [1.807, 2.05) is 0 Å². The number of hydrogen-bond donors (Lipinski definition) is 1. The van der Waals surface area contributed by atoms with Crippen molar-refractivity contribution in [2.24, 2.45) is 5.92 Å². The van der Waals surface area contributed by atoms with E-state index in [4.69, 9.17) is 9.52 Å². The van der Waals surface area contributed by atoms with Gasteiger partial charge in [-0.25, -0.2) is 0 Å². The highest BCUT2D eigenvalue weighted by Crippen LogP contribution is 2.20. The molecule has 1 N–H and O–H groups in total. The number of amides is 1. The number of carbonyl (C=O) groups excluding carboxylic acids is 1. The third kappa shape index (κ3) is 2.42. The maximum atomic E-state index is 11.4. The van der Waals surface area contributed by atoms with Gasteiger partial charge in [0, 0.05) is 13.0 Å². The summed E-state index contributed by atoms with van der Waals surface area (Å²) in [4.78, 5) is 23.6. The Kier molecular flexibility index (Phi) is 3.71. The largest absolute Gasteiger partial charge is 0.481 e. The molecule has 1 saturated heterocycles. The highest BCUT2D eigenvalue weighted by atomic mass is 16.4. The number of carboxylic acid groups (broad SMARTS) is 1. The fourth-order valence-corrected chi connectivity index (χ4v) is 1.68. The molecule has 1 atom stereocenters. The summed E-state index contributed by atoms with van der Waals surface area (Å²) >= 11 is 0. The lowest BCUT2D eigenvalue weighted by atomic mass is 10.1. The quantitative estimate of drug-likeness (QED) is 0.842. The van der Waals surface area contributed by atoms with Crippen LogP contribution in [0.1, 0.15) is 19.6 Å². The monoisotopic (exact) mass is 225 g/mol. The molecule has 1 unspecified atom stereocenters. The van der Waals surface area contributed by atoms with Gasteiger partial charge in [0.1, 0.15) is 5.76 Å². The van der Waals surface area contributed by atoms with Gasteiger partial charge >= 0.3 is 5.97 Å². The SMILES string of the molecule is C.O=C(O)C1CC(=O)N(Cc2ccco2)C1. The van der Waals surface area contributed by atoms with Crippen LogP contribution in [0, 0.1) is 5.92 Å². The highest BCUT2D eigenvalue weighted by Gasteiger charge is 2.34. The van der Waals surface area contributed by atoms with Crippen LogP contribution in [0.4, 0.5) is 0 Å². The van der Waals surface area contributed by atoms with Gasteiger partial charge in [0.2, 0.25) is 5.91 Å². The average molecular weight is 225 g/mol. The lowest BCUT2D eigenvalue weighted by Crippen LogP contribution is -2.25. The third-order valence-electron chi connectivity index (χ3n) is 2.49. The van der Waals surface area contributed by atoms with Crippen molar-refractivity contribution in [3.05, 3.63) is 24.2 Å². The molecule has 0 radical (unpaired) electrons. The van der Waals surface area contributed by atoms with Crippen LogP contribution < -0.4 is 0 Å². The predicted molar refractivity (Wildman–Crippen MR) is 56.6 cm³/mol. The second-order valence-electron chi connectivity index (χ2n) is 3.59. The summed E-state index contributed by atoms with van der Waals surface area (Å²) in [5.41, 5.74) is 0. The van der Waals surface area contributed by atoms with E-state index in [0.29, 0.717) is 12.3 Å². The number of furan rings is 1. The minimum atomic E-state index is -0.912. The van der Waals surface area contributed by atoms with Gasteiger partial charge in [-0.3, -0.25) is 9.59 Å². The molecule has 88 valence electrons. The number of carboxylic acids is 1. The fraction of sp³-hybridized carbons (Fsp3) is 0.455. The first-order valence-electron chi connectivity index (χ1n) is 4.70. The van der Waals surface area contributed by atoms with Gasteiger partial charge in [-0.1, -0.05) is 7.43 Å². The second kappa shape index (κ2) is 4.83. The minimum Gasteiger partial charge on any atom is -0.481 e. The van der Waals surface area contributed by atoms with Crippen LogP contribution in [0.25, 0.3) is 0 Å². The van der Waals surface area contributed by atoms with E-state index in [9.17, 15) is 9.59 Å². The van der Waals surface area contributed by atoms with Crippen molar-refractivity contribution < 1.29 is 19.1 Å². The number of likely N-dealkylation sites (tertiary alicyclic amines) is 1. The van der Waals surface area contributed by atoms with Crippen molar-refractivity contribution >= 4 is 11.9 Å². The van der Waals surface area contributed by atoms with Crippen LogP contribution in [0.15, 0.2) is 22.8 Å². The van der Waals surface area contributed by atoms with Gasteiger partial charge in [-0.05, 0) is 12.1 Å². The zero-order valence-corrected chi connectivity index (χ0v) is 8.05. The molecule has 5 nitrogen and oxygen atoms in total. The lowest BCUT2D eigenvalue weighted by Gasteiger charge is -2.13. The van der Waals surface area contributed by atoms with Crippen molar-refractivity contribution in [2.75, 3.05) is 6.54 Å². The first-order chi connectivity index (χ1) is 7.16. The van der Waals surface area contributed by atoms with Crippen molar-refractivity contribution in [3.8, 4) is 0 Å². The number of carbonyl (C=O) groups is 2. The van der Waals surface area contributed by atoms with Crippen LogP contribution in [0.2, 0.25) is 0 Å². The average Bonchev–Trinajstić information content (AvgIpc) is 2.77. The molecule has 1 aliphatic rings. The van der Waals surface area contributed by atoms with E-state index in [1.54, 1.807) is 12.1 Å². The summed E-state index contributed by atoms with van der Waals surface area (Å²) in [6, 6.07) is 3.51. The van der Waals surface area contributed by atoms with Gasteiger partial charge in [0.05, 0.1) is 18.7 Å². The Labute approximate surface area is 93.7 Å². The maximum absolute atomic E-state index is 11.4. The first-order valence-corrected chi connectivity index (χ1v) is 4.70. The summed E-state index contributed by atoms with van der Waals surface area (Å²) in [5.74, 6) is -0.939. The first kappa shape index (κ1) is 12.3. The number of aliphatic carboxylic acids is 1. The van der Waals surface area contributed by atoms with E-state index >= 15 is 0 Å². The molecule has 1 aromatic heterocycles. The molecule has 5 heteroatoms. The van der Waals surface area contributed by atoms with Gasteiger partial charge in [0.15, 0.2) is 0 Å². The summed E-state index contributed by atoms with van der Waals surface area (Å²) in [7, 11) is 0. The standard InChI is InChI=1S/C10H11NO4.CH4/c12-9-4-7(10(13)14)5-11(9)6-8-2-1-3-15-8;/h1-3,7H,4-6H2,(H,13,14);1H4. The van der Waals surface area contributed by atoms with E-state index in [0.717, 1.165) is 0 Å². The highest BCUT2D eigenvalue weighted by molar-refractivity contribution is 5.85. The molecule has 0 bridgehead atoms. The fourth-order valence-electron chi connectivity index (χ4n) is 1.68. The summed E-state index contributed by atoms with van der Waals surface area (Å²) in [6.07, 6.45) is 1.63. The number of hydrogen-bond acceptors (Lipinski definition) is 3. The third-order valence-corrected chi connectivity index (χ3v) is 2.49. The van der Waals surface area contributed by atoms with Crippen molar-refractivity contribution in [3.63, 3.8) is 0 Å². The van der Waals surface area contributed by atoms with Crippen molar-refractivity contribution in [1.82, 2.24) is 4.90 Å². The van der Waals surface area contributed by atoms with Crippen LogP contribution >= 0.6 is 0 Å². The molecule has 1 amide bonds. The van der Waals surface area contributed by atoms with E-state index in [1.165, 1.54) is 11.2 Å². The normalized spacial score (nSPS) is 19.6. The second-order valence-corrected chi connectivity index (χ2v) is 3.59. The topological polar surface area (TPSA) is 70.8 Å². The van der Waals surface area contributed by atoms with Gasteiger partial charge in [-0.2, -0.15) is 0 Å². The zero-order valence-electron chi connectivity index (χ0n) is 8.05. The van der Waals surface area contributed by atoms with Crippen LogP contribution in [-0.4, -0.2) is 28.4 Å². The Bertz CT molecular complexity index is 371. The van der Waals surface area contributed by atoms with Crippen molar-refractivity contribution in [1.29, 1.82) is 0 Å². The molecular weight excluding hydrogens is 210 g/mol. The smallest absolute Gasteiger partial charge is 0.308 e. The van der Waals surface area contributed by atoms with Crippen LogP contribution in [0.3, 0.4) is 0 Å². The number of nitrogens with zero attached hydrogens (tertiary/aromatic N) is 1. The van der Waals surface area contributed by atoms with Gasteiger partial charge in [0.25, 0.3) is 0 Å². The van der Waals surface area contributed by atoms with Gasteiger partial charge < -0.3 is 14.4 Å². The van der Waals surface area contributed by atoms with E-state index in [2.05, 4.69) is 0 Å². The predicted octanol–water partition coefficient (Wildman–Crippen LogP) is 1.35. The molecule has 16 heavy (non-hydrogen) atoms.